The van der Waals surface area contributed by atoms with Gasteiger partial charge in [0.25, 0.3) is 5.91 Å². The Labute approximate surface area is 161 Å². The van der Waals surface area contributed by atoms with Gasteiger partial charge in [-0.3, -0.25) is 9.59 Å². The summed E-state index contributed by atoms with van der Waals surface area (Å²) in [5, 5.41) is 1.02. The van der Waals surface area contributed by atoms with Crippen molar-refractivity contribution in [2.75, 3.05) is 37.7 Å². The van der Waals surface area contributed by atoms with Crippen molar-refractivity contribution in [2.45, 2.75) is 33.6 Å². The average molecular weight is 396 g/mol. The third-order valence-corrected chi connectivity index (χ3v) is 6.93. The second kappa shape index (κ2) is 8.35. The third kappa shape index (κ3) is 3.86. The first-order chi connectivity index (χ1) is 12.6. The predicted octanol–water partition coefficient (Wildman–Crippen LogP) is 3.62. The Bertz CT molecular complexity index is 742. The topological polar surface area (TPSA) is 62.7 Å². The first-order valence-corrected chi connectivity index (χ1v) is 10.8. The number of esters is 1. The van der Waals surface area contributed by atoms with Crippen molar-refractivity contribution in [1.29, 1.82) is 0 Å². The predicted molar refractivity (Wildman–Crippen MR) is 106 cm³/mol. The monoisotopic (exact) mass is 395 g/mol. The number of hydrogen-bond donors (Lipinski definition) is 0. The fraction of sp³-hybridized carbons (Fsp3) is 0.611. The van der Waals surface area contributed by atoms with Gasteiger partial charge in [0.05, 0.1) is 22.1 Å². The van der Waals surface area contributed by atoms with Crippen LogP contribution in [-0.4, -0.2) is 54.5 Å². The van der Waals surface area contributed by atoms with Gasteiger partial charge < -0.3 is 14.5 Å². The Kier molecular flexibility index (Phi) is 6.13. The molecule has 6 nitrogen and oxygen atoms in total. The van der Waals surface area contributed by atoms with Crippen molar-refractivity contribution in [3.63, 3.8) is 0 Å². The molecule has 142 valence electrons. The largest absolute Gasteiger partial charge is 0.466 e. The minimum atomic E-state index is -0.135. The van der Waals surface area contributed by atoms with E-state index in [2.05, 4.69) is 23.7 Å². The molecule has 0 aliphatic carbocycles. The zero-order valence-electron chi connectivity index (χ0n) is 15.5. The van der Waals surface area contributed by atoms with E-state index in [-0.39, 0.29) is 17.8 Å². The average Bonchev–Trinajstić information content (AvgIpc) is 3.22. The first kappa shape index (κ1) is 19.1. The second-order valence-electron chi connectivity index (χ2n) is 6.27. The van der Waals surface area contributed by atoms with Crippen LogP contribution in [0.3, 0.4) is 0 Å². The quantitative estimate of drug-likeness (QED) is 0.699. The molecule has 0 radical (unpaired) electrons. The smallest absolute Gasteiger partial charge is 0.309 e. The lowest BCUT2D eigenvalue weighted by atomic mass is 9.97. The van der Waals surface area contributed by atoms with Crippen LogP contribution >= 0.6 is 22.7 Å². The second-order valence-corrected chi connectivity index (χ2v) is 8.31. The Balaban J connectivity index is 1.65. The van der Waals surface area contributed by atoms with Crippen LogP contribution in [0.1, 0.15) is 43.3 Å². The number of thiazole rings is 1. The molecule has 0 bridgehead atoms. The van der Waals surface area contributed by atoms with E-state index >= 15 is 0 Å². The molecule has 1 amide bonds. The summed E-state index contributed by atoms with van der Waals surface area (Å²) in [6.45, 7) is 9.53. The number of piperidine rings is 1. The summed E-state index contributed by atoms with van der Waals surface area (Å²) in [6.07, 6.45) is 1.35. The van der Waals surface area contributed by atoms with Crippen molar-refractivity contribution in [3.8, 4) is 0 Å². The Hall–Kier alpha value is -1.67. The number of likely N-dealkylation sites (tertiary alicyclic amines) is 1. The number of amides is 1. The lowest BCUT2D eigenvalue weighted by Crippen LogP contribution is -2.40. The Morgan fingerprint density at radius 1 is 1.23 bits per heavy atom. The highest BCUT2D eigenvalue weighted by atomic mass is 32.1. The third-order valence-electron chi connectivity index (χ3n) is 4.72. The Morgan fingerprint density at radius 3 is 2.50 bits per heavy atom. The van der Waals surface area contributed by atoms with Crippen LogP contribution in [0.4, 0.5) is 5.13 Å². The van der Waals surface area contributed by atoms with E-state index in [0.717, 1.165) is 32.6 Å². The highest BCUT2D eigenvalue weighted by Crippen LogP contribution is 2.35. The number of carbonyl (C=O) groups excluding carboxylic acids is 2. The molecular formula is C18H25N3O3S2. The number of hydrogen-bond acceptors (Lipinski definition) is 7. The van der Waals surface area contributed by atoms with E-state index in [1.165, 1.54) is 11.3 Å². The van der Waals surface area contributed by atoms with Crippen LogP contribution in [0.5, 0.6) is 0 Å². The highest BCUT2D eigenvalue weighted by molar-refractivity contribution is 7.29. The van der Waals surface area contributed by atoms with E-state index < -0.39 is 0 Å². The van der Waals surface area contributed by atoms with Gasteiger partial charge in [-0.25, -0.2) is 4.98 Å². The highest BCUT2D eigenvalue weighted by Gasteiger charge is 2.29. The van der Waals surface area contributed by atoms with Gasteiger partial charge in [0.1, 0.15) is 4.83 Å². The van der Waals surface area contributed by atoms with Crippen molar-refractivity contribution in [1.82, 2.24) is 9.88 Å². The van der Waals surface area contributed by atoms with Crippen LogP contribution in [0.15, 0.2) is 6.07 Å². The molecule has 0 unspecified atom stereocenters. The van der Waals surface area contributed by atoms with E-state index in [1.54, 1.807) is 11.3 Å². The molecule has 2 aromatic heterocycles. The van der Waals surface area contributed by atoms with Gasteiger partial charge in [0, 0.05) is 26.2 Å². The van der Waals surface area contributed by atoms with E-state index in [4.69, 9.17) is 4.74 Å². The number of aromatic nitrogens is 1. The van der Waals surface area contributed by atoms with E-state index in [9.17, 15) is 9.59 Å². The van der Waals surface area contributed by atoms with Gasteiger partial charge in [0.15, 0.2) is 5.13 Å². The summed E-state index contributed by atoms with van der Waals surface area (Å²) in [7, 11) is 0. The van der Waals surface area contributed by atoms with E-state index in [1.807, 2.05) is 17.9 Å². The number of carbonyl (C=O) groups is 2. The molecule has 1 aliphatic heterocycles. The molecule has 0 N–H and O–H groups in total. The number of ether oxygens (including phenoxy) is 1. The molecule has 1 aliphatic rings. The Morgan fingerprint density at radius 2 is 1.92 bits per heavy atom. The standard InChI is InChI=1S/C18H25N3O3S2/c1-4-20(5-2)18-19-15-13(26-18)11-14(25-15)16(22)21-9-7-12(8-10-21)17(23)24-6-3/h11-12H,4-10H2,1-3H3. The van der Waals surface area contributed by atoms with Crippen LogP contribution in [0, 0.1) is 5.92 Å². The van der Waals surface area contributed by atoms with E-state index in [0.29, 0.717) is 32.5 Å². The van der Waals surface area contributed by atoms with Gasteiger partial charge >= 0.3 is 5.97 Å². The summed E-state index contributed by atoms with van der Waals surface area (Å²) in [6, 6.07) is 1.96. The molecule has 3 heterocycles. The molecule has 0 saturated carbocycles. The summed E-state index contributed by atoms with van der Waals surface area (Å²) < 4.78 is 6.16. The normalized spacial score (nSPS) is 15.4. The molecule has 0 aromatic carbocycles. The van der Waals surface area contributed by atoms with Gasteiger partial charge in [-0.2, -0.15) is 0 Å². The van der Waals surface area contributed by atoms with Gasteiger partial charge in [-0.05, 0) is 39.7 Å². The maximum atomic E-state index is 12.8. The number of rotatable bonds is 6. The van der Waals surface area contributed by atoms with Crippen LogP contribution in [0.25, 0.3) is 9.53 Å². The molecule has 3 rings (SSSR count). The zero-order chi connectivity index (χ0) is 18.7. The van der Waals surface area contributed by atoms with Gasteiger partial charge in [-0.1, -0.05) is 11.3 Å². The molecule has 1 fully saturated rings. The van der Waals surface area contributed by atoms with Crippen LogP contribution in [-0.2, 0) is 9.53 Å². The molecular weight excluding hydrogens is 370 g/mol. The van der Waals surface area contributed by atoms with Gasteiger partial charge in [0.2, 0.25) is 0 Å². The fourth-order valence-corrected chi connectivity index (χ4v) is 5.50. The number of anilines is 1. The molecule has 1 saturated heterocycles. The van der Waals surface area contributed by atoms with Crippen LogP contribution in [0.2, 0.25) is 0 Å². The number of fused-ring (bicyclic) bond motifs is 1. The van der Waals surface area contributed by atoms with Crippen molar-refractivity contribution in [3.05, 3.63) is 10.9 Å². The summed E-state index contributed by atoms with van der Waals surface area (Å²) in [5.74, 6) is -0.166. The summed E-state index contributed by atoms with van der Waals surface area (Å²) >= 11 is 3.11. The molecule has 2 aromatic rings. The maximum absolute atomic E-state index is 12.8. The van der Waals surface area contributed by atoms with Crippen molar-refractivity contribution >= 4 is 49.2 Å². The molecule has 0 atom stereocenters. The van der Waals surface area contributed by atoms with Crippen molar-refractivity contribution in [2.24, 2.45) is 5.92 Å². The minimum Gasteiger partial charge on any atom is -0.466 e. The summed E-state index contributed by atoms with van der Waals surface area (Å²) in [5.41, 5.74) is 0. The first-order valence-electron chi connectivity index (χ1n) is 9.18. The summed E-state index contributed by atoms with van der Waals surface area (Å²) in [4.78, 5) is 35.0. The maximum Gasteiger partial charge on any atom is 0.309 e. The molecule has 8 heteroatoms. The minimum absolute atomic E-state index is 0.0481. The molecule has 0 spiro atoms. The van der Waals surface area contributed by atoms with Crippen molar-refractivity contribution < 1.29 is 14.3 Å². The lowest BCUT2D eigenvalue weighted by Gasteiger charge is -2.30. The molecule has 26 heavy (non-hydrogen) atoms. The lowest BCUT2D eigenvalue weighted by molar-refractivity contribution is -0.149. The van der Waals surface area contributed by atoms with Crippen LogP contribution < -0.4 is 4.90 Å². The van der Waals surface area contributed by atoms with Gasteiger partial charge in [-0.15, -0.1) is 11.3 Å². The fourth-order valence-electron chi connectivity index (χ4n) is 3.19. The number of nitrogens with zero attached hydrogens (tertiary/aromatic N) is 3. The number of thiophene rings is 1. The zero-order valence-corrected chi connectivity index (χ0v) is 17.1. The SMILES string of the molecule is CCOC(=O)C1CCN(C(=O)c2cc3sc(N(CC)CC)nc3s2)CC1.